The molecule has 1 aliphatic rings. The third-order valence-corrected chi connectivity index (χ3v) is 7.90. The highest BCUT2D eigenvalue weighted by Crippen LogP contribution is 2.26. The maximum absolute atomic E-state index is 13.7. The molecule has 3 aromatic rings. The number of nitrogens with one attached hydrogen (secondary N) is 2. The normalized spacial score (nSPS) is 14.0. The maximum atomic E-state index is 13.7. The molecule has 8 nitrogen and oxygen atoms in total. The van der Waals surface area contributed by atoms with Gasteiger partial charge in [-0.2, -0.15) is 0 Å². The van der Waals surface area contributed by atoms with Crippen molar-refractivity contribution in [3.05, 3.63) is 102 Å². The highest BCUT2D eigenvalue weighted by Gasteiger charge is 2.31. The van der Waals surface area contributed by atoms with Crippen molar-refractivity contribution in [3.8, 4) is 0 Å². The van der Waals surface area contributed by atoms with Crippen LogP contribution >= 0.6 is 0 Å². The standard InChI is InChI=1S/C29H33N3O5S/c33-20-19-30-29(35)28(24-9-5-2-6-10-24)32(21-23-7-3-1-4-8-23)27(34)18-13-22-11-16-26(17-12-22)38(36,37)31-25-14-15-25/h1-12,16-17,25,28,31,33H,13-15,18-21H2,(H,30,35). The molecule has 1 aliphatic carbocycles. The number of hydrogen-bond acceptors (Lipinski definition) is 5. The van der Waals surface area contributed by atoms with Gasteiger partial charge < -0.3 is 15.3 Å². The molecule has 0 saturated heterocycles. The van der Waals surface area contributed by atoms with Gasteiger partial charge in [0.1, 0.15) is 6.04 Å². The van der Waals surface area contributed by atoms with Gasteiger partial charge in [0, 0.05) is 25.6 Å². The van der Waals surface area contributed by atoms with E-state index in [1.54, 1.807) is 29.2 Å². The van der Waals surface area contributed by atoms with E-state index in [0.717, 1.165) is 24.0 Å². The van der Waals surface area contributed by atoms with E-state index < -0.39 is 16.1 Å². The van der Waals surface area contributed by atoms with Crippen molar-refractivity contribution in [1.82, 2.24) is 14.9 Å². The number of amides is 2. The summed E-state index contributed by atoms with van der Waals surface area (Å²) in [5.74, 6) is -0.582. The van der Waals surface area contributed by atoms with Gasteiger partial charge in [0.15, 0.2) is 0 Å². The molecule has 200 valence electrons. The molecule has 1 unspecified atom stereocenters. The average Bonchev–Trinajstić information content (AvgIpc) is 3.75. The Morgan fingerprint density at radius 3 is 2.13 bits per heavy atom. The predicted octanol–water partition coefficient (Wildman–Crippen LogP) is 2.94. The molecular weight excluding hydrogens is 502 g/mol. The van der Waals surface area contributed by atoms with Gasteiger partial charge in [-0.1, -0.05) is 72.8 Å². The zero-order valence-electron chi connectivity index (χ0n) is 21.1. The number of hydrogen-bond donors (Lipinski definition) is 3. The van der Waals surface area contributed by atoms with Gasteiger partial charge in [-0.25, -0.2) is 13.1 Å². The number of nitrogens with zero attached hydrogens (tertiary/aromatic N) is 1. The molecule has 1 saturated carbocycles. The van der Waals surface area contributed by atoms with Crippen LogP contribution < -0.4 is 10.0 Å². The number of carbonyl (C=O) groups is 2. The zero-order valence-corrected chi connectivity index (χ0v) is 21.9. The molecule has 0 aliphatic heterocycles. The van der Waals surface area contributed by atoms with Crippen LogP contribution in [0.2, 0.25) is 0 Å². The summed E-state index contributed by atoms with van der Waals surface area (Å²) in [7, 11) is -3.54. The second-order valence-electron chi connectivity index (χ2n) is 9.37. The summed E-state index contributed by atoms with van der Waals surface area (Å²) < 4.78 is 27.6. The van der Waals surface area contributed by atoms with Crippen molar-refractivity contribution in [2.75, 3.05) is 13.2 Å². The second kappa shape index (κ2) is 12.8. The molecule has 0 spiro atoms. The van der Waals surface area contributed by atoms with E-state index in [2.05, 4.69) is 10.0 Å². The second-order valence-corrected chi connectivity index (χ2v) is 11.1. The Hall–Kier alpha value is -3.53. The SMILES string of the molecule is O=C(NCCO)C(c1ccccc1)N(Cc1ccccc1)C(=O)CCc1ccc(S(=O)(=O)NC2CC2)cc1. The highest BCUT2D eigenvalue weighted by atomic mass is 32.2. The van der Waals surface area contributed by atoms with Gasteiger partial charge in [-0.05, 0) is 48.1 Å². The first-order valence-corrected chi connectivity index (χ1v) is 14.2. The summed E-state index contributed by atoms with van der Waals surface area (Å²) >= 11 is 0. The first-order valence-electron chi connectivity index (χ1n) is 12.8. The summed E-state index contributed by atoms with van der Waals surface area (Å²) in [6.07, 6.45) is 2.25. The van der Waals surface area contributed by atoms with E-state index in [9.17, 15) is 23.1 Å². The van der Waals surface area contributed by atoms with Gasteiger partial charge in [0.25, 0.3) is 0 Å². The van der Waals surface area contributed by atoms with Crippen LogP contribution in [0, 0.1) is 0 Å². The van der Waals surface area contributed by atoms with E-state index in [1.165, 1.54) is 0 Å². The van der Waals surface area contributed by atoms with Crippen LogP contribution in [0.4, 0.5) is 0 Å². The first kappa shape index (κ1) is 27.5. The number of carbonyl (C=O) groups excluding carboxylic acids is 2. The van der Waals surface area contributed by atoms with Crippen molar-refractivity contribution < 1.29 is 23.1 Å². The smallest absolute Gasteiger partial charge is 0.247 e. The third-order valence-electron chi connectivity index (χ3n) is 6.36. The van der Waals surface area contributed by atoms with Gasteiger partial charge in [0.2, 0.25) is 21.8 Å². The van der Waals surface area contributed by atoms with Crippen molar-refractivity contribution >= 4 is 21.8 Å². The largest absolute Gasteiger partial charge is 0.395 e. The molecule has 9 heteroatoms. The minimum Gasteiger partial charge on any atom is -0.395 e. The van der Waals surface area contributed by atoms with Crippen LogP contribution in [0.15, 0.2) is 89.8 Å². The van der Waals surface area contributed by atoms with Crippen molar-refractivity contribution in [3.63, 3.8) is 0 Å². The fourth-order valence-electron chi connectivity index (χ4n) is 4.21. The van der Waals surface area contributed by atoms with E-state index in [-0.39, 0.29) is 48.9 Å². The molecule has 0 aromatic heterocycles. The van der Waals surface area contributed by atoms with Crippen molar-refractivity contribution in [1.29, 1.82) is 0 Å². The number of aliphatic hydroxyl groups is 1. The molecule has 38 heavy (non-hydrogen) atoms. The van der Waals surface area contributed by atoms with Gasteiger partial charge in [-0.15, -0.1) is 0 Å². The van der Waals surface area contributed by atoms with Crippen molar-refractivity contribution in [2.45, 2.75) is 49.2 Å². The van der Waals surface area contributed by atoms with Crippen LogP contribution in [-0.2, 0) is 32.6 Å². The minimum atomic E-state index is -3.54. The number of aliphatic hydroxyl groups excluding tert-OH is 1. The monoisotopic (exact) mass is 535 g/mol. The predicted molar refractivity (Wildman–Crippen MR) is 144 cm³/mol. The van der Waals surface area contributed by atoms with E-state index >= 15 is 0 Å². The van der Waals surface area contributed by atoms with Crippen LogP contribution in [-0.4, -0.2) is 49.4 Å². The summed E-state index contributed by atoms with van der Waals surface area (Å²) in [5, 5.41) is 12.0. The van der Waals surface area contributed by atoms with E-state index in [1.807, 2.05) is 60.7 Å². The topological polar surface area (TPSA) is 116 Å². The Labute approximate surface area is 223 Å². The molecule has 3 N–H and O–H groups in total. The summed E-state index contributed by atoms with van der Waals surface area (Å²) in [4.78, 5) is 28.7. The quantitative estimate of drug-likeness (QED) is 0.311. The Bertz CT molecular complexity index is 1310. The summed E-state index contributed by atoms with van der Waals surface area (Å²) in [5.41, 5.74) is 2.38. The lowest BCUT2D eigenvalue weighted by Gasteiger charge is -2.31. The van der Waals surface area contributed by atoms with Gasteiger partial charge in [-0.3, -0.25) is 9.59 Å². The maximum Gasteiger partial charge on any atom is 0.247 e. The van der Waals surface area contributed by atoms with E-state index in [4.69, 9.17) is 0 Å². The molecule has 0 bridgehead atoms. The lowest BCUT2D eigenvalue weighted by molar-refractivity contribution is -0.141. The Kier molecular flexibility index (Phi) is 9.28. The number of benzene rings is 3. The molecule has 2 amide bonds. The summed E-state index contributed by atoms with van der Waals surface area (Å²) in [6.45, 7) is 0.109. The molecule has 0 radical (unpaired) electrons. The first-order chi connectivity index (χ1) is 18.4. The van der Waals surface area contributed by atoms with Gasteiger partial charge in [0.05, 0.1) is 11.5 Å². The zero-order chi connectivity index (χ0) is 27.0. The van der Waals surface area contributed by atoms with Crippen molar-refractivity contribution in [2.24, 2.45) is 0 Å². The molecular formula is C29H33N3O5S. The Balaban J connectivity index is 1.53. The number of rotatable bonds is 13. The Morgan fingerprint density at radius 2 is 1.53 bits per heavy atom. The van der Waals surface area contributed by atoms with Crippen LogP contribution in [0.25, 0.3) is 0 Å². The van der Waals surface area contributed by atoms with E-state index in [0.29, 0.717) is 12.0 Å². The molecule has 1 atom stereocenters. The number of sulfonamides is 1. The average molecular weight is 536 g/mol. The van der Waals surface area contributed by atoms with Crippen LogP contribution in [0.5, 0.6) is 0 Å². The fourth-order valence-corrected chi connectivity index (χ4v) is 5.51. The van der Waals surface area contributed by atoms with Crippen LogP contribution in [0.1, 0.15) is 42.0 Å². The molecule has 1 fully saturated rings. The molecule has 0 heterocycles. The number of aryl methyl sites for hydroxylation is 1. The summed E-state index contributed by atoms with van der Waals surface area (Å²) in [6, 6.07) is 24.3. The lowest BCUT2D eigenvalue weighted by Crippen LogP contribution is -2.44. The Morgan fingerprint density at radius 1 is 0.895 bits per heavy atom. The fraction of sp³-hybridized carbons (Fsp3) is 0.310. The van der Waals surface area contributed by atoms with Gasteiger partial charge >= 0.3 is 0 Å². The highest BCUT2D eigenvalue weighted by molar-refractivity contribution is 7.89. The molecule has 3 aromatic carbocycles. The lowest BCUT2D eigenvalue weighted by atomic mass is 10.0. The van der Waals surface area contributed by atoms with Crippen LogP contribution in [0.3, 0.4) is 0 Å². The molecule has 4 rings (SSSR count). The minimum absolute atomic E-state index is 0.0278. The third kappa shape index (κ3) is 7.50.